The Balaban J connectivity index is 1.84. The van der Waals surface area contributed by atoms with Gasteiger partial charge in [0, 0.05) is 12.1 Å². The maximum absolute atomic E-state index is 3.52. The zero-order valence-corrected chi connectivity index (χ0v) is 11.9. The second kappa shape index (κ2) is 6.19. The van der Waals surface area contributed by atoms with Crippen LogP contribution in [-0.4, -0.2) is 37.1 Å². The van der Waals surface area contributed by atoms with Gasteiger partial charge in [0.25, 0.3) is 0 Å². The van der Waals surface area contributed by atoms with Gasteiger partial charge in [0.05, 0.1) is 0 Å². The zero-order valence-electron chi connectivity index (χ0n) is 11.9. The molecule has 2 rings (SSSR count). The van der Waals surface area contributed by atoms with Gasteiger partial charge in [-0.25, -0.2) is 0 Å². The fourth-order valence-electron chi connectivity index (χ4n) is 3.80. The van der Waals surface area contributed by atoms with E-state index in [-0.39, 0.29) is 0 Å². The normalized spacial score (nSPS) is 38.1. The van der Waals surface area contributed by atoms with E-state index in [4.69, 9.17) is 0 Å². The highest BCUT2D eigenvalue weighted by molar-refractivity contribution is 4.93. The van der Waals surface area contributed by atoms with Crippen LogP contribution in [0.1, 0.15) is 52.4 Å². The van der Waals surface area contributed by atoms with Crippen molar-refractivity contribution in [3.8, 4) is 0 Å². The number of rotatable bonds is 5. The van der Waals surface area contributed by atoms with E-state index in [2.05, 4.69) is 31.1 Å². The zero-order chi connectivity index (χ0) is 12.3. The lowest BCUT2D eigenvalue weighted by molar-refractivity contribution is 0.0166. The average molecular weight is 238 g/mol. The van der Waals surface area contributed by atoms with Crippen LogP contribution in [0.15, 0.2) is 0 Å². The summed E-state index contributed by atoms with van der Waals surface area (Å²) in [6.45, 7) is 7.01. The third-order valence-electron chi connectivity index (χ3n) is 5.15. The fraction of sp³-hybridized carbons (Fsp3) is 1.00. The summed E-state index contributed by atoms with van der Waals surface area (Å²) in [7, 11) is 2.38. The third kappa shape index (κ3) is 3.03. The molecule has 0 radical (unpaired) electrons. The first-order chi connectivity index (χ1) is 8.24. The summed E-state index contributed by atoms with van der Waals surface area (Å²) in [6.07, 6.45) is 8.64. The fourth-order valence-corrected chi connectivity index (χ4v) is 3.80. The Morgan fingerprint density at radius 3 is 2.41 bits per heavy atom. The summed E-state index contributed by atoms with van der Waals surface area (Å²) in [5, 5.41) is 3.52. The van der Waals surface area contributed by atoms with Crippen molar-refractivity contribution >= 4 is 0 Å². The molecule has 0 aromatic heterocycles. The van der Waals surface area contributed by atoms with Crippen molar-refractivity contribution in [3.63, 3.8) is 0 Å². The molecule has 0 aliphatic heterocycles. The number of hydrogen-bond donors (Lipinski definition) is 1. The Morgan fingerprint density at radius 1 is 1.06 bits per heavy atom. The minimum absolute atomic E-state index is 0.859. The standard InChI is InChI=1S/C15H30N2/c1-4-16-11-13-9-10-15(13)17(3)14-8-6-5-7-12(14)2/h12-16H,4-11H2,1-3H3. The summed E-state index contributed by atoms with van der Waals surface area (Å²) in [4.78, 5) is 2.73. The minimum atomic E-state index is 0.859. The van der Waals surface area contributed by atoms with E-state index >= 15 is 0 Å². The Morgan fingerprint density at radius 2 is 1.82 bits per heavy atom. The van der Waals surface area contributed by atoms with Crippen LogP contribution in [0.25, 0.3) is 0 Å². The minimum Gasteiger partial charge on any atom is -0.317 e. The van der Waals surface area contributed by atoms with E-state index < -0.39 is 0 Å². The monoisotopic (exact) mass is 238 g/mol. The highest BCUT2D eigenvalue weighted by Crippen LogP contribution is 2.36. The molecule has 4 atom stereocenters. The maximum atomic E-state index is 3.52. The average Bonchev–Trinajstić information content (AvgIpc) is 2.28. The van der Waals surface area contributed by atoms with Crippen molar-refractivity contribution in [2.24, 2.45) is 11.8 Å². The molecule has 0 aromatic carbocycles. The molecular weight excluding hydrogens is 208 g/mol. The van der Waals surface area contributed by atoms with Gasteiger partial charge in [-0.1, -0.05) is 26.7 Å². The Bertz CT molecular complexity index is 229. The van der Waals surface area contributed by atoms with Crippen molar-refractivity contribution in [3.05, 3.63) is 0 Å². The van der Waals surface area contributed by atoms with Crippen LogP contribution in [0.2, 0.25) is 0 Å². The predicted molar refractivity (Wildman–Crippen MR) is 74.2 cm³/mol. The third-order valence-corrected chi connectivity index (χ3v) is 5.15. The Kier molecular flexibility index (Phi) is 4.87. The lowest BCUT2D eigenvalue weighted by atomic mass is 9.75. The molecule has 0 aromatic rings. The molecule has 0 spiro atoms. The van der Waals surface area contributed by atoms with E-state index in [9.17, 15) is 0 Å². The molecule has 0 saturated heterocycles. The summed E-state index contributed by atoms with van der Waals surface area (Å²) < 4.78 is 0. The number of hydrogen-bond acceptors (Lipinski definition) is 2. The first kappa shape index (κ1) is 13.4. The number of nitrogens with one attached hydrogen (secondary N) is 1. The molecule has 2 nitrogen and oxygen atoms in total. The van der Waals surface area contributed by atoms with Gasteiger partial charge in [-0.3, -0.25) is 4.90 Å². The van der Waals surface area contributed by atoms with E-state index in [1.54, 1.807) is 0 Å². The van der Waals surface area contributed by atoms with Crippen LogP contribution in [0.4, 0.5) is 0 Å². The molecule has 2 heteroatoms. The first-order valence-electron chi connectivity index (χ1n) is 7.66. The molecular formula is C15H30N2. The van der Waals surface area contributed by atoms with Crippen molar-refractivity contribution in [1.82, 2.24) is 10.2 Å². The van der Waals surface area contributed by atoms with Crippen molar-refractivity contribution in [1.29, 1.82) is 0 Å². The maximum Gasteiger partial charge on any atom is 0.0136 e. The van der Waals surface area contributed by atoms with Crippen LogP contribution in [0, 0.1) is 11.8 Å². The van der Waals surface area contributed by atoms with Gasteiger partial charge in [0.15, 0.2) is 0 Å². The smallest absolute Gasteiger partial charge is 0.0136 e. The van der Waals surface area contributed by atoms with Gasteiger partial charge < -0.3 is 5.32 Å². The molecule has 17 heavy (non-hydrogen) atoms. The molecule has 1 N–H and O–H groups in total. The van der Waals surface area contributed by atoms with Crippen molar-refractivity contribution in [2.45, 2.75) is 64.5 Å². The SMILES string of the molecule is CCNCC1CCC1N(C)C1CCCCC1C. The van der Waals surface area contributed by atoms with Gasteiger partial charge in [0.1, 0.15) is 0 Å². The summed E-state index contributed by atoms with van der Waals surface area (Å²) in [5.74, 6) is 1.82. The quantitative estimate of drug-likeness (QED) is 0.792. The van der Waals surface area contributed by atoms with Gasteiger partial charge >= 0.3 is 0 Å². The van der Waals surface area contributed by atoms with Crippen LogP contribution in [0.5, 0.6) is 0 Å². The van der Waals surface area contributed by atoms with E-state index in [0.717, 1.165) is 30.5 Å². The molecule has 2 aliphatic rings. The number of nitrogens with zero attached hydrogens (tertiary/aromatic N) is 1. The summed E-state index contributed by atoms with van der Waals surface area (Å²) in [6, 6.07) is 1.72. The summed E-state index contributed by atoms with van der Waals surface area (Å²) >= 11 is 0. The highest BCUT2D eigenvalue weighted by atomic mass is 15.2. The molecule has 2 aliphatic carbocycles. The van der Waals surface area contributed by atoms with Gasteiger partial charge in [0.2, 0.25) is 0 Å². The van der Waals surface area contributed by atoms with Crippen molar-refractivity contribution in [2.75, 3.05) is 20.1 Å². The molecule has 2 fully saturated rings. The van der Waals surface area contributed by atoms with Crippen LogP contribution < -0.4 is 5.32 Å². The van der Waals surface area contributed by atoms with Crippen molar-refractivity contribution < 1.29 is 0 Å². The van der Waals surface area contributed by atoms with Gasteiger partial charge in [-0.15, -0.1) is 0 Å². The lowest BCUT2D eigenvalue weighted by Gasteiger charge is -2.48. The van der Waals surface area contributed by atoms with E-state index in [0.29, 0.717) is 0 Å². The molecule has 0 heterocycles. The summed E-state index contributed by atoms with van der Waals surface area (Å²) in [5.41, 5.74) is 0. The predicted octanol–water partition coefficient (Wildman–Crippen LogP) is 2.89. The van der Waals surface area contributed by atoms with E-state index in [1.165, 1.54) is 45.1 Å². The second-order valence-electron chi connectivity index (χ2n) is 6.21. The van der Waals surface area contributed by atoms with Crippen LogP contribution in [0.3, 0.4) is 0 Å². The highest BCUT2D eigenvalue weighted by Gasteiger charge is 2.38. The largest absolute Gasteiger partial charge is 0.317 e. The Labute approximate surface area is 107 Å². The molecule has 2 saturated carbocycles. The molecule has 0 bridgehead atoms. The van der Waals surface area contributed by atoms with Crippen LogP contribution in [-0.2, 0) is 0 Å². The molecule has 0 amide bonds. The first-order valence-corrected chi connectivity index (χ1v) is 7.66. The topological polar surface area (TPSA) is 15.3 Å². The van der Waals surface area contributed by atoms with Crippen LogP contribution >= 0.6 is 0 Å². The lowest BCUT2D eigenvalue weighted by Crippen LogP contribution is -2.54. The van der Waals surface area contributed by atoms with Gasteiger partial charge in [-0.05, 0) is 57.7 Å². The Hall–Kier alpha value is -0.0800. The van der Waals surface area contributed by atoms with E-state index in [1.807, 2.05) is 0 Å². The second-order valence-corrected chi connectivity index (χ2v) is 6.21. The van der Waals surface area contributed by atoms with Gasteiger partial charge in [-0.2, -0.15) is 0 Å². The molecule has 4 unspecified atom stereocenters. The molecule has 100 valence electrons.